The van der Waals surface area contributed by atoms with E-state index in [9.17, 15) is 0 Å². The van der Waals surface area contributed by atoms with Gasteiger partial charge in [0, 0.05) is 0 Å². The highest BCUT2D eigenvalue weighted by molar-refractivity contribution is 5.33. The minimum Gasteiger partial charge on any atom is -0.508 e. The van der Waals surface area contributed by atoms with Gasteiger partial charge >= 0.3 is 0 Å². The van der Waals surface area contributed by atoms with Gasteiger partial charge in [-0.3, -0.25) is 0 Å². The van der Waals surface area contributed by atoms with Crippen LogP contribution in [0.5, 0.6) is 11.5 Å². The molecule has 0 unspecified atom stereocenters. The van der Waals surface area contributed by atoms with Gasteiger partial charge in [-0.1, -0.05) is 76.1 Å². The molecule has 1 aliphatic carbocycles. The van der Waals surface area contributed by atoms with Crippen molar-refractivity contribution in [1.82, 2.24) is 0 Å². The molecule has 0 atom stereocenters. The first kappa shape index (κ1) is 18.4. The van der Waals surface area contributed by atoms with E-state index in [0.29, 0.717) is 0 Å². The summed E-state index contributed by atoms with van der Waals surface area (Å²) in [4.78, 5) is 0. The van der Waals surface area contributed by atoms with Crippen LogP contribution in [0.4, 0.5) is 0 Å². The van der Waals surface area contributed by atoms with Crippen LogP contribution in [-0.2, 0) is 6.42 Å². The third-order valence-electron chi connectivity index (χ3n) is 4.44. The van der Waals surface area contributed by atoms with Crippen LogP contribution in [0.25, 0.3) is 0 Å². The maximum atomic E-state index is 9.13. The van der Waals surface area contributed by atoms with Crippen molar-refractivity contribution in [2.75, 3.05) is 0 Å². The monoisotopic (exact) mass is 326 g/mol. The number of hydrogen-bond donors (Lipinski definition) is 2. The molecule has 0 aromatic heterocycles. The van der Waals surface area contributed by atoms with E-state index in [0.717, 1.165) is 23.5 Å². The van der Waals surface area contributed by atoms with E-state index >= 15 is 0 Å². The fourth-order valence-electron chi connectivity index (χ4n) is 2.73. The molecule has 0 heterocycles. The Balaban J connectivity index is 0.000000198. The van der Waals surface area contributed by atoms with Gasteiger partial charge in [0.25, 0.3) is 0 Å². The highest BCUT2D eigenvalue weighted by Gasteiger charge is 2.19. The summed E-state index contributed by atoms with van der Waals surface area (Å²) in [5, 5.41) is 18.3. The zero-order valence-corrected chi connectivity index (χ0v) is 14.7. The average Bonchev–Trinajstić information content (AvgIpc) is 3.41. The fourth-order valence-corrected chi connectivity index (χ4v) is 2.73. The summed E-state index contributed by atoms with van der Waals surface area (Å²) in [7, 11) is 0. The number of rotatable bonds is 7. The number of aromatic hydroxyl groups is 2. The lowest BCUT2D eigenvalue weighted by Gasteiger charge is -2.02. The summed E-state index contributed by atoms with van der Waals surface area (Å²) in [6, 6.07) is 14.3. The van der Waals surface area contributed by atoms with E-state index in [-0.39, 0.29) is 11.5 Å². The third-order valence-corrected chi connectivity index (χ3v) is 4.44. The Bertz CT molecular complexity index is 524. The Labute approximate surface area is 146 Å². The predicted molar refractivity (Wildman–Crippen MR) is 101 cm³/mol. The van der Waals surface area contributed by atoms with E-state index < -0.39 is 0 Å². The number of phenols is 2. The third kappa shape index (κ3) is 7.54. The molecule has 3 rings (SSSR count). The molecule has 2 nitrogen and oxygen atoms in total. The lowest BCUT2D eigenvalue weighted by atomic mass is 10.1. The minimum absolute atomic E-state index is 0.282. The number of unbranched alkanes of at least 4 members (excludes halogenated alkanes) is 3. The Morgan fingerprint density at radius 3 is 1.67 bits per heavy atom. The predicted octanol–water partition coefficient (Wildman–Crippen LogP) is 6.06. The Morgan fingerprint density at radius 1 is 0.750 bits per heavy atom. The van der Waals surface area contributed by atoms with Gasteiger partial charge in [0.1, 0.15) is 11.5 Å². The van der Waals surface area contributed by atoms with Crippen LogP contribution < -0.4 is 0 Å². The molecule has 1 aliphatic rings. The number of hydrogen-bond acceptors (Lipinski definition) is 2. The summed E-state index contributed by atoms with van der Waals surface area (Å²) in [6.07, 6.45) is 11.2. The first-order chi connectivity index (χ1) is 11.7. The highest BCUT2D eigenvalue weighted by atomic mass is 16.3. The summed E-state index contributed by atoms with van der Waals surface area (Å²) in [6.45, 7) is 2.27. The second-order valence-corrected chi connectivity index (χ2v) is 6.80. The van der Waals surface area contributed by atoms with Crippen molar-refractivity contribution in [2.24, 2.45) is 5.92 Å². The van der Waals surface area contributed by atoms with Crippen LogP contribution in [0.15, 0.2) is 48.5 Å². The number of phenolic OH excluding ortho intramolecular Hbond substituents is 2. The van der Waals surface area contributed by atoms with Crippen molar-refractivity contribution in [3.8, 4) is 11.5 Å². The molecule has 0 radical (unpaired) electrons. The molecule has 2 N–H and O–H groups in total. The summed E-state index contributed by atoms with van der Waals surface area (Å²) < 4.78 is 0. The second-order valence-electron chi connectivity index (χ2n) is 6.80. The highest BCUT2D eigenvalue weighted by Crippen LogP contribution is 2.34. The van der Waals surface area contributed by atoms with Crippen molar-refractivity contribution in [1.29, 1.82) is 0 Å². The van der Waals surface area contributed by atoms with Crippen molar-refractivity contribution in [2.45, 2.75) is 58.3 Å². The van der Waals surface area contributed by atoms with Crippen LogP contribution in [0, 0.1) is 5.92 Å². The minimum atomic E-state index is 0.282. The van der Waals surface area contributed by atoms with Gasteiger partial charge in [-0.05, 0) is 47.7 Å². The van der Waals surface area contributed by atoms with Crippen LogP contribution >= 0.6 is 0 Å². The fraction of sp³-hybridized carbons (Fsp3) is 0.455. The molecule has 1 fully saturated rings. The van der Waals surface area contributed by atoms with Crippen molar-refractivity contribution in [3.63, 3.8) is 0 Å². The van der Waals surface area contributed by atoms with E-state index in [1.165, 1.54) is 44.9 Å². The molecule has 24 heavy (non-hydrogen) atoms. The van der Waals surface area contributed by atoms with Crippen LogP contribution in [0.2, 0.25) is 0 Å². The Morgan fingerprint density at radius 2 is 1.25 bits per heavy atom. The van der Waals surface area contributed by atoms with Gasteiger partial charge < -0.3 is 10.2 Å². The summed E-state index contributed by atoms with van der Waals surface area (Å²) >= 11 is 0. The summed E-state index contributed by atoms with van der Waals surface area (Å²) in [5.74, 6) is 1.72. The zero-order chi connectivity index (χ0) is 17.2. The molecule has 0 saturated heterocycles. The van der Waals surface area contributed by atoms with Crippen LogP contribution in [-0.4, -0.2) is 10.2 Å². The largest absolute Gasteiger partial charge is 0.508 e. The molecule has 130 valence electrons. The maximum absolute atomic E-state index is 9.13. The molecular formula is C22H30O2. The number of benzene rings is 2. The Hall–Kier alpha value is -1.96. The van der Waals surface area contributed by atoms with Gasteiger partial charge in [0.15, 0.2) is 0 Å². The molecule has 1 saturated carbocycles. The summed E-state index contributed by atoms with van der Waals surface area (Å²) in [5.41, 5.74) is 2.27. The van der Waals surface area contributed by atoms with Crippen molar-refractivity contribution >= 4 is 0 Å². The molecule has 2 aromatic carbocycles. The molecule has 2 aromatic rings. The van der Waals surface area contributed by atoms with E-state index in [1.807, 2.05) is 24.3 Å². The molecule has 0 aliphatic heterocycles. The topological polar surface area (TPSA) is 40.5 Å². The van der Waals surface area contributed by atoms with Crippen molar-refractivity contribution in [3.05, 3.63) is 59.7 Å². The quantitative estimate of drug-likeness (QED) is 0.607. The van der Waals surface area contributed by atoms with Crippen LogP contribution in [0.1, 0.15) is 63.0 Å². The lowest BCUT2D eigenvalue weighted by Crippen LogP contribution is -1.86. The lowest BCUT2D eigenvalue weighted by molar-refractivity contribution is 0.475. The molecule has 0 amide bonds. The van der Waals surface area contributed by atoms with Gasteiger partial charge in [0.2, 0.25) is 0 Å². The molecule has 2 heteroatoms. The SMILES string of the molecule is CCCCCCC1CC1.Oc1ccc(Cc2ccc(O)cc2)cc1. The van der Waals surface area contributed by atoms with Gasteiger partial charge in [-0.25, -0.2) is 0 Å². The molecule has 0 bridgehead atoms. The second kappa shape index (κ2) is 10.0. The van der Waals surface area contributed by atoms with Gasteiger partial charge in [-0.2, -0.15) is 0 Å². The maximum Gasteiger partial charge on any atom is 0.115 e. The molecule has 0 spiro atoms. The normalized spacial score (nSPS) is 13.2. The van der Waals surface area contributed by atoms with E-state index in [1.54, 1.807) is 24.3 Å². The van der Waals surface area contributed by atoms with E-state index in [2.05, 4.69) is 6.92 Å². The van der Waals surface area contributed by atoms with E-state index in [4.69, 9.17) is 10.2 Å². The zero-order valence-electron chi connectivity index (χ0n) is 14.7. The standard InChI is InChI=1S/C13H12O2.C9H18/c14-12-5-1-10(2-6-12)9-11-3-7-13(15)8-4-11;1-2-3-4-5-6-9-7-8-9/h1-8,14-15H,9H2;9H,2-8H2,1H3. The first-order valence-electron chi connectivity index (χ1n) is 9.23. The molecular weight excluding hydrogens is 296 g/mol. The smallest absolute Gasteiger partial charge is 0.115 e. The van der Waals surface area contributed by atoms with Gasteiger partial charge in [0.05, 0.1) is 0 Å². The van der Waals surface area contributed by atoms with Crippen LogP contribution in [0.3, 0.4) is 0 Å². The Kier molecular flexibility index (Phi) is 7.67. The first-order valence-corrected chi connectivity index (χ1v) is 9.23. The average molecular weight is 326 g/mol. The van der Waals surface area contributed by atoms with Gasteiger partial charge in [-0.15, -0.1) is 0 Å². The van der Waals surface area contributed by atoms with Crippen molar-refractivity contribution < 1.29 is 10.2 Å².